The summed E-state index contributed by atoms with van der Waals surface area (Å²) >= 11 is 3.37. The first-order valence-corrected chi connectivity index (χ1v) is 7.58. The van der Waals surface area contributed by atoms with Gasteiger partial charge in [0.1, 0.15) is 5.76 Å². The standard InChI is InChI=1S/C16H16BrNO2/c1-10-9-20-14-4-2-3-13(15(10)14)18-16(19)11-5-7-12(17)8-6-11/h5-9,13H,2-4H2,1H3,(H,18,19). The quantitative estimate of drug-likeness (QED) is 0.896. The number of carbonyl (C=O) groups excluding carboxylic acids is 1. The van der Waals surface area contributed by atoms with E-state index in [4.69, 9.17) is 4.42 Å². The van der Waals surface area contributed by atoms with Gasteiger partial charge >= 0.3 is 0 Å². The molecule has 1 N–H and O–H groups in total. The van der Waals surface area contributed by atoms with Gasteiger partial charge in [0, 0.05) is 22.0 Å². The summed E-state index contributed by atoms with van der Waals surface area (Å²) in [6.45, 7) is 2.03. The molecule has 1 unspecified atom stereocenters. The fraction of sp³-hybridized carbons (Fsp3) is 0.312. The van der Waals surface area contributed by atoms with E-state index in [1.807, 2.05) is 31.2 Å². The van der Waals surface area contributed by atoms with E-state index >= 15 is 0 Å². The van der Waals surface area contributed by atoms with Crippen LogP contribution in [0, 0.1) is 6.92 Å². The number of halogens is 1. The Morgan fingerprint density at radius 2 is 2.10 bits per heavy atom. The molecular weight excluding hydrogens is 318 g/mol. The third kappa shape index (κ3) is 2.52. The maximum atomic E-state index is 12.3. The molecule has 1 atom stereocenters. The third-order valence-electron chi connectivity index (χ3n) is 3.76. The number of carbonyl (C=O) groups is 1. The second-order valence-corrected chi connectivity index (χ2v) is 6.10. The van der Waals surface area contributed by atoms with Crippen LogP contribution in [0.2, 0.25) is 0 Å². The van der Waals surface area contributed by atoms with E-state index in [0.717, 1.165) is 35.1 Å². The van der Waals surface area contributed by atoms with E-state index < -0.39 is 0 Å². The fourth-order valence-corrected chi connectivity index (χ4v) is 3.03. The summed E-state index contributed by atoms with van der Waals surface area (Å²) in [5, 5.41) is 3.12. The van der Waals surface area contributed by atoms with Crippen molar-refractivity contribution in [3.63, 3.8) is 0 Å². The van der Waals surface area contributed by atoms with Crippen LogP contribution >= 0.6 is 15.9 Å². The molecule has 1 aliphatic carbocycles. The Bertz CT molecular complexity index is 630. The predicted octanol–water partition coefficient (Wildman–Crippen LogP) is 4.16. The summed E-state index contributed by atoms with van der Waals surface area (Å²) in [6.07, 6.45) is 4.77. The SMILES string of the molecule is Cc1coc2c1C(NC(=O)c1ccc(Br)cc1)CCC2. The van der Waals surface area contributed by atoms with Gasteiger partial charge in [0.25, 0.3) is 5.91 Å². The van der Waals surface area contributed by atoms with Crippen LogP contribution in [0.4, 0.5) is 0 Å². The largest absolute Gasteiger partial charge is 0.469 e. The predicted molar refractivity (Wildman–Crippen MR) is 80.7 cm³/mol. The first-order chi connectivity index (χ1) is 9.65. The van der Waals surface area contributed by atoms with Crippen molar-refractivity contribution in [3.8, 4) is 0 Å². The minimum Gasteiger partial charge on any atom is -0.469 e. The molecule has 0 saturated heterocycles. The van der Waals surface area contributed by atoms with Crippen molar-refractivity contribution in [2.45, 2.75) is 32.2 Å². The normalized spacial score (nSPS) is 17.6. The van der Waals surface area contributed by atoms with Crippen LogP contribution in [0.5, 0.6) is 0 Å². The number of aryl methyl sites for hydroxylation is 2. The molecule has 1 amide bonds. The number of hydrogen-bond donors (Lipinski definition) is 1. The van der Waals surface area contributed by atoms with Crippen LogP contribution in [0.25, 0.3) is 0 Å². The molecule has 3 rings (SSSR count). The summed E-state index contributed by atoms with van der Waals surface area (Å²) in [7, 11) is 0. The molecule has 20 heavy (non-hydrogen) atoms. The average Bonchev–Trinajstić information content (AvgIpc) is 2.82. The van der Waals surface area contributed by atoms with Crippen molar-refractivity contribution >= 4 is 21.8 Å². The summed E-state index contributed by atoms with van der Waals surface area (Å²) in [5.41, 5.74) is 2.98. The molecule has 0 fully saturated rings. The Labute approximate surface area is 126 Å². The van der Waals surface area contributed by atoms with Gasteiger partial charge in [0.05, 0.1) is 12.3 Å². The van der Waals surface area contributed by atoms with Crippen molar-refractivity contribution < 1.29 is 9.21 Å². The van der Waals surface area contributed by atoms with Gasteiger partial charge in [-0.2, -0.15) is 0 Å². The topological polar surface area (TPSA) is 42.2 Å². The number of hydrogen-bond acceptors (Lipinski definition) is 2. The van der Waals surface area contributed by atoms with Gasteiger partial charge in [-0.05, 0) is 49.6 Å². The summed E-state index contributed by atoms with van der Waals surface area (Å²) < 4.78 is 6.53. The Hall–Kier alpha value is -1.55. The van der Waals surface area contributed by atoms with E-state index in [1.54, 1.807) is 6.26 Å². The third-order valence-corrected chi connectivity index (χ3v) is 4.29. The van der Waals surface area contributed by atoms with Gasteiger partial charge in [0.15, 0.2) is 0 Å². The van der Waals surface area contributed by atoms with Crippen molar-refractivity contribution in [3.05, 3.63) is 57.5 Å². The lowest BCUT2D eigenvalue weighted by Crippen LogP contribution is -2.30. The van der Waals surface area contributed by atoms with Gasteiger partial charge in [-0.25, -0.2) is 0 Å². The lowest BCUT2D eigenvalue weighted by Gasteiger charge is -2.23. The van der Waals surface area contributed by atoms with Crippen LogP contribution in [-0.4, -0.2) is 5.91 Å². The molecule has 1 aromatic carbocycles. The highest BCUT2D eigenvalue weighted by Crippen LogP contribution is 2.33. The molecule has 0 aliphatic heterocycles. The number of rotatable bonds is 2. The van der Waals surface area contributed by atoms with E-state index in [1.165, 1.54) is 5.56 Å². The first kappa shape index (κ1) is 13.4. The molecule has 3 nitrogen and oxygen atoms in total. The molecule has 0 radical (unpaired) electrons. The minimum atomic E-state index is -0.0315. The molecule has 1 heterocycles. The van der Waals surface area contributed by atoms with Crippen molar-refractivity contribution in [1.29, 1.82) is 0 Å². The number of amides is 1. The highest BCUT2D eigenvalue weighted by Gasteiger charge is 2.26. The molecule has 1 aliphatic rings. The minimum absolute atomic E-state index is 0.0315. The number of furan rings is 1. The number of benzene rings is 1. The molecule has 104 valence electrons. The smallest absolute Gasteiger partial charge is 0.251 e. The van der Waals surface area contributed by atoms with Gasteiger partial charge in [-0.15, -0.1) is 0 Å². The average molecular weight is 334 g/mol. The summed E-state index contributed by atoms with van der Waals surface area (Å²) in [6, 6.07) is 7.47. The maximum absolute atomic E-state index is 12.3. The van der Waals surface area contributed by atoms with Gasteiger partial charge in [-0.3, -0.25) is 4.79 Å². The zero-order valence-electron chi connectivity index (χ0n) is 11.3. The van der Waals surface area contributed by atoms with Crippen LogP contribution in [-0.2, 0) is 6.42 Å². The van der Waals surface area contributed by atoms with Crippen LogP contribution in [0.1, 0.15) is 46.1 Å². The molecule has 2 aromatic rings. The van der Waals surface area contributed by atoms with E-state index in [9.17, 15) is 4.79 Å². The molecule has 0 saturated carbocycles. The van der Waals surface area contributed by atoms with Crippen LogP contribution in [0.15, 0.2) is 39.4 Å². The zero-order chi connectivity index (χ0) is 14.1. The monoisotopic (exact) mass is 333 g/mol. The Kier molecular flexibility index (Phi) is 3.66. The second kappa shape index (κ2) is 5.44. The van der Waals surface area contributed by atoms with Crippen LogP contribution < -0.4 is 5.32 Å². The lowest BCUT2D eigenvalue weighted by molar-refractivity contribution is 0.0932. The van der Waals surface area contributed by atoms with Crippen molar-refractivity contribution in [2.75, 3.05) is 0 Å². The van der Waals surface area contributed by atoms with E-state index in [-0.39, 0.29) is 11.9 Å². The second-order valence-electron chi connectivity index (χ2n) is 5.18. The fourth-order valence-electron chi connectivity index (χ4n) is 2.77. The number of fused-ring (bicyclic) bond motifs is 1. The zero-order valence-corrected chi connectivity index (χ0v) is 12.9. The van der Waals surface area contributed by atoms with Crippen LogP contribution in [0.3, 0.4) is 0 Å². The van der Waals surface area contributed by atoms with Gasteiger partial charge in [0.2, 0.25) is 0 Å². The summed E-state index contributed by atoms with van der Waals surface area (Å²) in [5.74, 6) is 0.991. The molecular formula is C16H16BrNO2. The highest BCUT2D eigenvalue weighted by atomic mass is 79.9. The Morgan fingerprint density at radius 1 is 1.35 bits per heavy atom. The Balaban J connectivity index is 1.80. The maximum Gasteiger partial charge on any atom is 0.251 e. The highest BCUT2D eigenvalue weighted by molar-refractivity contribution is 9.10. The van der Waals surface area contributed by atoms with Crippen molar-refractivity contribution in [2.24, 2.45) is 0 Å². The molecule has 0 bridgehead atoms. The Morgan fingerprint density at radius 3 is 2.85 bits per heavy atom. The first-order valence-electron chi connectivity index (χ1n) is 6.78. The van der Waals surface area contributed by atoms with Gasteiger partial charge < -0.3 is 9.73 Å². The van der Waals surface area contributed by atoms with E-state index in [0.29, 0.717) is 5.56 Å². The lowest BCUT2D eigenvalue weighted by atomic mass is 9.90. The van der Waals surface area contributed by atoms with E-state index in [2.05, 4.69) is 21.2 Å². The number of nitrogens with one attached hydrogen (secondary N) is 1. The van der Waals surface area contributed by atoms with Crippen molar-refractivity contribution in [1.82, 2.24) is 5.32 Å². The summed E-state index contributed by atoms with van der Waals surface area (Å²) in [4.78, 5) is 12.3. The van der Waals surface area contributed by atoms with Gasteiger partial charge in [-0.1, -0.05) is 15.9 Å². The molecule has 0 spiro atoms. The molecule has 1 aromatic heterocycles. The molecule has 4 heteroatoms.